The second-order valence-electron chi connectivity index (χ2n) is 7.64. The van der Waals surface area contributed by atoms with Gasteiger partial charge in [0, 0.05) is 22.7 Å². The maximum absolute atomic E-state index is 13.0. The minimum Gasteiger partial charge on any atom is -0.493 e. The number of methoxy groups -OCH3 is 3. The van der Waals surface area contributed by atoms with E-state index in [0.717, 1.165) is 11.8 Å². The van der Waals surface area contributed by atoms with Gasteiger partial charge < -0.3 is 19.5 Å². The van der Waals surface area contributed by atoms with E-state index in [0.29, 0.717) is 22.2 Å². The Bertz CT molecular complexity index is 1360. The second-order valence-corrected chi connectivity index (χ2v) is 9.98. The Kier molecular flexibility index (Phi) is 8.44. The first-order valence-electron chi connectivity index (χ1n) is 10.5. The normalized spacial score (nSPS) is 10.9. The van der Waals surface area contributed by atoms with Crippen molar-refractivity contribution >= 4 is 44.9 Å². The lowest BCUT2D eigenvalue weighted by Gasteiger charge is -2.23. The number of nitrogens with one attached hydrogen (secondary N) is 1. The molecular weight excluding hydrogens is 508 g/mol. The predicted molar refractivity (Wildman–Crippen MR) is 138 cm³/mol. The first-order chi connectivity index (χ1) is 17.1. The van der Waals surface area contributed by atoms with Crippen molar-refractivity contribution in [1.82, 2.24) is 0 Å². The maximum atomic E-state index is 13.0. The minimum absolute atomic E-state index is 0.0753. The van der Waals surface area contributed by atoms with Gasteiger partial charge in [0.1, 0.15) is 0 Å². The van der Waals surface area contributed by atoms with Crippen LogP contribution in [0.3, 0.4) is 0 Å². The fourth-order valence-electron chi connectivity index (χ4n) is 3.39. The SMILES string of the molecule is COC(=O)c1cc(OC)c(OC)cc1NC(=O)c1ccc(N(Cc2ccc(Cl)cc2)S(C)(=O)=O)cc1. The molecule has 0 aliphatic rings. The highest BCUT2D eigenvalue weighted by molar-refractivity contribution is 7.92. The van der Waals surface area contributed by atoms with E-state index in [9.17, 15) is 18.0 Å². The zero-order chi connectivity index (χ0) is 26.5. The lowest BCUT2D eigenvalue weighted by atomic mass is 10.1. The molecule has 0 atom stereocenters. The Morgan fingerprint density at radius 3 is 2.03 bits per heavy atom. The highest BCUT2D eigenvalue weighted by Gasteiger charge is 2.21. The number of ether oxygens (including phenoxy) is 3. The van der Waals surface area contributed by atoms with Crippen LogP contribution < -0.4 is 19.1 Å². The van der Waals surface area contributed by atoms with Crippen LogP contribution in [0.5, 0.6) is 11.5 Å². The lowest BCUT2D eigenvalue weighted by Crippen LogP contribution is -2.29. The number of hydrogen-bond donors (Lipinski definition) is 1. The van der Waals surface area contributed by atoms with Crippen LogP contribution >= 0.6 is 11.6 Å². The molecule has 1 N–H and O–H groups in total. The predicted octanol–water partition coefficient (Wildman–Crippen LogP) is 4.36. The Morgan fingerprint density at radius 2 is 1.50 bits per heavy atom. The van der Waals surface area contributed by atoms with Crippen LogP contribution in [-0.2, 0) is 21.3 Å². The molecule has 9 nitrogen and oxygen atoms in total. The molecule has 0 saturated carbocycles. The molecule has 0 aliphatic carbocycles. The number of benzene rings is 3. The summed E-state index contributed by atoms with van der Waals surface area (Å²) in [6.45, 7) is 0.0929. The number of hydrogen-bond acceptors (Lipinski definition) is 7. The monoisotopic (exact) mass is 532 g/mol. The molecule has 0 saturated heterocycles. The van der Waals surface area contributed by atoms with E-state index in [-0.39, 0.29) is 23.4 Å². The van der Waals surface area contributed by atoms with Gasteiger partial charge in [-0.3, -0.25) is 9.10 Å². The summed E-state index contributed by atoms with van der Waals surface area (Å²) in [6, 6.07) is 15.7. The second kappa shape index (κ2) is 11.3. The molecule has 36 heavy (non-hydrogen) atoms. The molecule has 0 spiro atoms. The molecule has 11 heteroatoms. The fourth-order valence-corrected chi connectivity index (χ4v) is 4.40. The van der Waals surface area contributed by atoms with E-state index in [4.69, 9.17) is 25.8 Å². The van der Waals surface area contributed by atoms with Gasteiger partial charge in [0.05, 0.1) is 51.1 Å². The van der Waals surface area contributed by atoms with Crippen LogP contribution in [0.15, 0.2) is 60.7 Å². The molecule has 0 aliphatic heterocycles. The fraction of sp³-hybridized carbons (Fsp3) is 0.200. The van der Waals surface area contributed by atoms with Crippen molar-refractivity contribution < 1.29 is 32.2 Å². The number of carbonyl (C=O) groups is 2. The molecule has 0 heterocycles. The molecule has 3 aromatic carbocycles. The van der Waals surface area contributed by atoms with Crippen molar-refractivity contribution in [1.29, 1.82) is 0 Å². The third kappa shape index (κ3) is 6.27. The van der Waals surface area contributed by atoms with Crippen molar-refractivity contribution in [3.8, 4) is 11.5 Å². The van der Waals surface area contributed by atoms with Gasteiger partial charge >= 0.3 is 5.97 Å². The molecule has 1 amide bonds. The molecule has 0 unspecified atom stereocenters. The lowest BCUT2D eigenvalue weighted by molar-refractivity contribution is 0.0601. The molecule has 190 valence electrons. The maximum Gasteiger partial charge on any atom is 0.340 e. The summed E-state index contributed by atoms with van der Waals surface area (Å²) in [7, 11) is 0.456. The van der Waals surface area contributed by atoms with Gasteiger partial charge in [0.25, 0.3) is 5.91 Å². The molecule has 3 rings (SSSR count). The van der Waals surface area contributed by atoms with E-state index in [2.05, 4.69) is 5.32 Å². The average Bonchev–Trinajstić information content (AvgIpc) is 2.86. The molecule has 0 aromatic heterocycles. The van der Waals surface area contributed by atoms with Crippen molar-refractivity contribution in [3.63, 3.8) is 0 Å². The van der Waals surface area contributed by atoms with Crippen molar-refractivity contribution in [2.45, 2.75) is 6.54 Å². The number of halogens is 1. The molecule has 0 radical (unpaired) electrons. The number of nitrogens with zero attached hydrogens (tertiary/aromatic N) is 1. The van der Waals surface area contributed by atoms with E-state index in [1.807, 2.05) is 0 Å². The summed E-state index contributed by atoms with van der Waals surface area (Å²) in [5, 5.41) is 3.22. The zero-order valence-electron chi connectivity index (χ0n) is 20.1. The van der Waals surface area contributed by atoms with E-state index in [1.165, 1.54) is 62.0 Å². The van der Waals surface area contributed by atoms with E-state index < -0.39 is 21.9 Å². The van der Waals surface area contributed by atoms with Crippen LogP contribution in [0, 0.1) is 0 Å². The first-order valence-corrected chi connectivity index (χ1v) is 12.8. The summed E-state index contributed by atoms with van der Waals surface area (Å²) in [5.74, 6) is -0.598. The smallest absolute Gasteiger partial charge is 0.340 e. The van der Waals surface area contributed by atoms with Crippen LogP contribution in [0.1, 0.15) is 26.3 Å². The van der Waals surface area contributed by atoms with Crippen molar-refractivity contribution in [2.24, 2.45) is 0 Å². The van der Waals surface area contributed by atoms with E-state index >= 15 is 0 Å². The summed E-state index contributed by atoms with van der Waals surface area (Å²) in [5.41, 5.74) is 1.60. The average molecular weight is 533 g/mol. The third-order valence-electron chi connectivity index (χ3n) is 5.23. The van der Waals surface area contributed by atoms with Gasteiger partial charge in [0.15, 0.2) is 11.5 Å². The van der Waals surface area contributed by atoms with Gasteiger partial charge in [-0.15, -0.1) is 0 Å². The van der Waals surface area contributed by atoms with Gasteiger partial charge in [-0.05, 0) is 42.0 Å². The number of anilines is 2. The van der Waals surface area contributed by atoms with Crippen molar-refractivity contribution in [3.05, 3.63) is 82.4 Å². The number of rotatable bonds is 9. The molecular formula is C25H25ClN2O7S. The van der Waals surface area contributed by atoms with Crippen LogP contribution in [0.2, 0.25) is 5.02 Å². The minimum atomic E-state index is -3.62. The standard InChI is InChI=1S/C25H25ClN2O7S/c1-33-22-13-20(25(30)35-3)21(14-23(22)34-2)27-24(29)17-7-11-19(12-8-17)28(36(4,31)32)15-16-5-9-18(26)10-6-16/h5-14H,15H2,1-4H3,(H,27,29). The van der Waals surface area contributed by atoms with Crippen molar-refractivity contribution in [2.75, 3.05) is 37.2 Å². The summed E-state index contributed by atoms with van der Waals surface area (Å²) >= 11 is 5.92. The van der Waals surface area contributed by atoms with Gasteiger partial charge in [-0.25, -0.2) is 13.2 Å². The quantitative estimate of drug-likeness (QED) is 0.407. The highest BCUT2D eigenvalue weighted by Crippen LogP contribution is 2.34. The highest BCUT2D eigenvalue weighted by atomic mass is 35.5. The summed E-state index contributed by atoms with van der Waals surface area (Å²) in [6.07, 6.45) is 1.11. The van der Waals surface area contributed by atoms with Gasteiger partial charge in [0.2, 0.25) is 10.0 Å². The number of sulfonamides is 1. The zero-order valence-corrected chi connectivity index (χ0v) is 21.6. The molecule has 0 fully saturated rings. The number of amides is 1. The van der Waals surface area contributed by atoms with Crippen LogP contribution in [0.4, 0.5) is 11.4 Å². The largest absolute Gasteiger partial charge is 0.493 e. The Balaban J connectivity index is 1.88. The summed E-state index contributed by atoms with van der Waals surface area (Å²) in [4.78, 5) is 25.2. The number of carbonyl (C=O) groups excluding carboxylic acids is 2. The Hall–Kier alpha value is -3.76. The first kappa shape index (κ1) is 26.8. The third-order valence-corrected chi connectivity index (χ3v) is 6.63. The molecule has 0 bridgehead atoms. The van der Waals surface area contributed by atoms with E-state index in [1.54, 1.807) is 24.3 Å². The molecule has 3 aromatic rings. The van der Waals surface area contributed by atoms with Crippen LogP contribution in [0.25, 0.3) is 0 Å². The Morgan fingerprint density at radius 1 is 0.917 bits per heavy atom. The number of esters is 1. The summed E-state index contributed by atoms with van der Waals surface area (Å²) < 4.78 is 41.4. The topological polar surface area (TPSA) is 111 Å². The van der Waals surface area contributed by atoms with Gasteiger partial charge in [-0.2, -0.15) is 0 Å². The van der Waals surface area contributed by atoms with Gasteiger partial charge in [-0.1, -0.05) is 23.7 Å². The van der Waals surface area contributed by atoms with Crippen LogP contribution in [-0.4, -0.2) is 47.9 Å². The Labute approximate surface area is 214 Å².